The number of aliphatic imine (C=N–C) groups is 1. The predicted octanol–water partition coefficient (Wildman–Crippen LogP) is 3.07. The number of benzene rings is 3. The lowest BCUT2D eigenvalue weighted by Gasteiger charge is -2.29. The molecule has 2 amide bonds. The fourth-order valence-electron chi connectivity index (χ4n) is 5.60. The molecular formula is C34H40N8O2. The van der Waals surface area contributed by atoms with Gasteiger partial charge in [-0.25, -0.2) is 4.98 Å². The van der Waals surface area contributed by atoms with Gasteiger partial charge < -0.3 is 26.6 Å². The van der Waals surface area contributed by atoms with Gasteiger partial charge in [0.15, 0.2) is 5.96 Å². The molecule has 5 rings (SSSR count). The minimum absolute atomic E-state index is 0.0342. The molecule has 0 aliphatic carbocycles. The molecule has 1 aliphatic rings. The quantitative estimate of drug-likeness (QED) is 0.119. The summed E-state index contributed by atoms with van der Waals surface area (Å²) >= 11 is 0. The molecule has 10 heteroatoms. The van der Waals surface area contributed by atoms with Crippen molar-refractivity contribution in [2.45, 2.75) is 37.3 Å². The Morgan fingerprint density at radius 3 is 2.34 bits per heavy atom. The summed E-state index contributed by atoms with van der Waals surface area (Å²) in [6.07, 6.45) is 3.52. The highest BCUT2D eigenvalue weighted by molar-refractivity contribution is 5.93. The van der Waals surface area contributed by atoms with E-state index in [2.05, 4.69) is 55.2 Å². The van der Waals surface area contributed by atoms with E-state index in [9.17, 15) is 9.59 Å². The van der Waals surface area contributed by atoms with Crippen molar-refractivity contribution in [1.29, 1.82) is 0 Å². The van der Waals surface area contributed by atoms with E-state index in [0.717, 1.165) is 11.9 Å². The minimum atomic E-state index is -0.409. The van der Waals surface area contributed by atoms with Crippen LogP contribution < -0.4 is 21.7 Å². The van der Waals surface area contributed by atoms with Gasteiger partial charge in [0, 0.05) is 45.2 Å². The Morgan fingerprint density at radius 2 is 1.66 bits per heavy atom. The van der Waals surface area contributed by atoms with Crippen LogP contribution in [0.1, 0.15) is 46.8 Å². The van der Waals surface area contributed by atoms with Gasteiger partial charge in [-0.3, -0.25) is 19.6 Å². The van der Waals surface area contributed by atoms with E-state index in [1.54, 1.807) is 7.05 Å². The van der Waals surface area contributed by atoms with Gasteiger partial charge in [-0.2, -0.15) is 0 Å². The van der Waals surface area contributed by atoms with E-state index >= 15 is 0 Å². The van der Waals surface area contributed by atoms with Crippen LogP contribution in [0.3, 0.4) is 0 Å². The highest BCUT2D eigenvalue weighted by Gasteiger charge is 2.32. The highest BCUT2D eigenvalue weighted by atomic mass is 16.2. The molecule has 1 fully saturated rings. The SMILES string of the molecule is CN=C(N)NCCCC1NC(CNC(=O)c2cnc3ccccc3n2)CCN(CC(c2ccccc2)c2ccccc2)C1=O. The molecule has 4 aromatic rings. The number of rotatable bonds is 11. The maximum absolute atomic E-state index is 14.0. The Kier molecular flexibility index (Phi) is 10.5. The topological polar surface area (TPSA) is 138 Å². The number of nitrogens with two attached hydrogens (primary N) is 1. The van der Waals surface area contributed by atoms with Crippen molar-refractivity contribution in [1.82, 2.24) is 30.8 Å². The number of carbonyl (C=O) groups is 2. The minimum Gasteiger partial charge on any atom is -0.370 e. The Hall–Kier alpha value is -4.83. The lowest BCUT2D eigenvalue weighted by Crippen LogP contribution is -2.49. The summed E-state index contributed by atoms with van der Waals surface area (Å²) in [6.45, 7) is 2.10. The molecule has 10 nitrogen and oxygen atoms in total. The molecule has 0 radical (unpaired) electrons. The second-order valence-electron chi connectivity index (χ2n) is 11.0. The number of hydrogen-bond donors (Lipinski definition) is 4. The molecule has 3 aromatic carbocycles. The summed E-state index contributed by atoms with van der Waals surface area (Å²) in [7, 11) is 1.63. The largest absolute Gasteiger partial charge is 0.370 e. The summed E-state index contributed by atoms with van der Waals surface area (Å²) in [6, 6.07) is 27.6. The van der Waals surface area contributed by atoms with Crippen molar-refractivity contribution in [2.75, 3.05) is 33.2 Å². The number of guanidine groups is 1. The van der Waals surface area contributed by atoms with Crippen molar-refractivity contribution in [3.63, 3.8) is 0 Å². The zero-order valence-corrected chi connectivity index (χ0v) is 25.0. The van der Waals surface area contributed by atoms with Gasteiger partial charge >= 0.3 is 0 Å². The zero-order valence-electron chi connectivity index (χ0n) is 25.0. The molecule has 1 aliphatic heterocycles. The van der Waals surface area contributed by atoms with Gasteiger partial charge in [0.05, 0.1) is 23.3 Å². The summed E-state index contributed by atoms with van der Waals surface area (Å²) in [5.74, 6) is 0.179. The molecule has 2 atom stereocenters. The molecular weight excluding hydrogens is 552 g/mol. The van der Waals surface area contributed by atoms with E-state index in [4.69, 9.17) is 5.73 Å². The van der Waals surface area contributed by atoms with Crippen molar-refractivity contribution >= 4 is 28.8 Å². The Labute approximate surface area is 258 Å². The van der Waals surface area contributed by atoms with Gasteiger partial charge in [0.2, 0.25) is 5.91 Å². The first-order chi connectivity index (χ1) is 21.5. The van der Waals surface area contributed by atoms with E-state index in [1.807, 2.05) is 65.6 Å². The number of carbonyl (C=O) groups excluding carboxylic acids is 2. The third-order valence-corrected chi connectivity index (χ3v) is 8.01. The Bertz CT molecular complexity index is 1520. The number of hydrogen-bond acceptors (Lipinski definition) is 6. The average Bonchev–Trinajstić information content (AvgIpc) is 3.22. The Morgan fingerprint density at radius 1 is 1.00 bits per heavy atom. The number of amides is 2. The first kappa shape index (κ1) is 30.6. The highest BCUT2D eigenvalue weighted by Crippen LogP contribution is 2.27. The molecule has 0 spiro atoms. The normalized spacial score (nSPS) is 17.5. The van der Waals surface area contributed by atoms with Crippen molar-refractivity contribution in [3.05, 3.63) is 108 Å². The smallest absolute Gasteiger partial charge is 0.271 e. The lowest BCUT2D eigenvalue weighted by atomic mass is 9.90. The molecule has 1 aromatic heterocycles. The fraction of sp³-hybridized carbons (Fsp3) is 0.324. The maximum atomic E-state index is 14.0. The van der Waals surface area contributed by atoms with Gasteiger partial charge in [0.25, 0.3) is 5.91 Å². The molecule has 5 N–H and O–H groups in total. The fourth-order valence-corrected chi connectivity index (χ4v) is 5.60. The number of para-hydroxylation sites is 2. The third-order valence-electron chi connectivity index (χ3n) is 8.01. The summed E-state index contributed by atoms with van der Waals surface area (Å²) in [5.41, 5.74) is 9.80. The molecule has 228 valence electrons. The second-order valence-corrected chi connectivity index (χ2v) is 11.0. The van der Waals surface area contributed by atoms with E-state index in [0.29, 0.717) is 50.5 Å². The van der Waals surface area contributed by atoms with E-state index in [-0.39, 0.29) is 29.5 Å². The van der Waals surface area contributed by atoms with Crippen LogP contribution in [0.25, 0.3) is 11.0 Å². The summed E-state index contributed by atoms with van der Waals surface area (Å²) < 4.78 is 0. The van der Waals surface area contributed by atoms with Gasteiger partial charge in [-0.1, -0.05) is 72.8 Å². The zero-order chi connectivity index (χ0) is 30.7. The standard InChI is InChI=1S/C34H40N8O2/c1-36-34(35)37-19-10-17-30-33(44)42(23-27(24-11-4-2-5-12-24)25-13-6-3-7-14-25)20-18-26(40-30)21-39-32(43)31-22-38-28-15-8-9-16-29(28)41-31/h2-9,11-16,22,26-27,30,40H,10,17-21,23H2,1H3,(H,39,43)(H3,35,36,37). The monoisotopic (exact) mass is 592 g/mol. The predicted molar refractivity (Wildman–Crippen MR) is 173 cm³/mol. The first-order valence-corrected chi connectivity index (χ1v) is 15.1. The summed E-state index contributed by atoms with van der Waals surface area (Å²) in [4.78, 5) is 41.9. The van der Waals surface area contributed by atoms with Crippen LogP contribution in [-0.2, 0) is 4.79 Å². The number of nitrogens with one attached hydrogen (secondary N) is 3. The van der Waals surface area contributed by atoms with Gasteiger partial charge in [-0.15, -0.1) is 0 Å². The van der Waals surface area contributed by atoms with Crippen molar-refractivity contribution in [3.8, 4) is 0 Å². The molecule has 0 saturated carbocycles. The van der Waals surface area contributed by atoms with Crippen molar-refractivity contribution in [2.24, 2.45) is 10.7 Å². The van der Waals surface area contributed by atoms with E-state index < -0.39 is 6.04 Å². The van der Waals surface area contributed by atoms with Gasteiger partial charge in [-0.05, 0) is 42.5 Å². The summed E-state index contributed by atoms with van der Waals surface area (Å²) in [5, 5.41) is 9.65. The lowest BCUT2D eigenvalue weighted by molar-refractivity contribution is -0.133. The number of nitrogens with zero attached hydrogens (tertiary/aromatic N) is 4. The average molecular weight is 593 g/mol. The third kappa shape index (κ3) is 7.96. The molecule has 2 unspecified atom stereocenters. The van der Waals surface area contributed by atoms with Crippen LogP contribution in [0, 0.1) is 0 Å². The number of aromatic nitrogens is 2. The van der Waals surface area contributed by atoms with Crippen LogP contribution in [0.15, 0.2) is 96.1 Å². The second kappa shape index (κ2) is 15.1. The van der Waals surface area contributed by atoms with Crippen LogP contribution >= 0.6 is 0 Å². The van der Waals surface area contributed by atoms with Crippen LogP contribution in [0.2, 0.25) is 0 Å². The number of fused-ring (bicyclic) bond motifs is 1. The van der Waals surface area contributed by atoms with E-state index in [1.165, 1.54) is 17.3 Å². The van der Waals surface area contributed by atoms with Crippen LogP contribution in [0.4, 0.5) is 0 Å². The first-order valence-electron chi connectivity index (χ1n) is 15.1. The Balaban J connectivity index is 1.30. The maximum Gasteiger partial charge on any atom is 0.271 e. The van der Waals surface area contributed by atoms with Crippen molar-refractivity contribution < 1.29 is 9.59 Å². The molecule has 44 heavy (non-hydrogen) atoms. The molecule has 1 saturated heterocycles. The molecule has 0 bridgehead atoms. The van der Waals surface area contributed by atoms with Gasteiger partial charge in [0.1, 0.15) is 5.69 Å². The van der Waals surface area contributed by atoms with Crippen LogP contribution in [-0.4, -0.2) is 78.0 Å². The molecule has 2 heterocycles. The van der Waals surface area contributed by atoms with Crippen LogP contribution in [0.5, 0.6) is 0 Å².